The van der Waals surface area contributed by atoms with Gasteiger partial charge >= 0.3 is 0 Å². The molecule has 5 aromatic rings. The van der Waals surface area contributed by atoms with Gasteiger partial charge in [0, 0.05) is 35.2 Å². The third-order valence-corrected chi connectivity index (χ3v) is 5.58. The number of nitrogens with zero attached hydrogens (tertiary/aromatic N) is 2. The van der Waals surface area contributed by atoms with Crippen molar-refractivity contribution in [1.82, 2.24) is 19.9 Å². The molecule has 0 spiro atoms. The molecule has 2 N–H and O–H groups in total. The van der Waals surface area contributed by atoms with Gasteiger partial charge in [-0.3, -0.25) is 0 Å². The van der Waals surface area contributed by atoms with Gasteiger partial charge in [0.15, 0.2) is 0 Å². The van der Waals surface area contributed by atoms with E-state index in [1.165, 1.54) is 16.5 Å². The first-order valence-electron chi connectivity index (χ1n) is 9.72. The van der Waals surface area contributed by atoms with Gasteiger partial charge in [-0.2, -0.15) is 0 Å². The first kappa shape index (κ1) is 18.0. The molecule has 0 saturated heterocycles. The number of aromatic amines is 1. The molecule has 0 aliphatic heterocycles. The standard InChI is InChI=1S/C24H21ClN4/c25-20-9-3-1-7-17(20)15-29-16-18(19-8-2-6-12-23(19)29)13-26-14-24-27-21-10-4-5-11-22(21)28-24/h1-12,16,26H,13-15H2,(H,27,28). The number of H-pyrrole nitrogens is 1. The highest BCUT2D eigenvalue weighted by atomic mass is 35.5. The SMILES string of the molecule is Clc1ccccc1Cn1cc(CNCc2nc3ccccc3[nH]2)c2ccccc21. The first-order chi connectivity index (χ1) is 14.3. The lowest BCUT2D eigenvalue weighted by Crippen LogP contribution is -2.13. The number of imidazole rings is 1. The van der Waals surface area contributed by atoms with Gasteiger partial charge in [-0.1, -0.05) is 60.1 Å². The number of fused-ring (bicyclic) bond motifs is 2. The van der Waals surface area contributed by atoms with E-state index in [0.717, 1.165) is 40.5 Å². The number of hydrogen-bond acceptors (Lipinski definition) is 2. The number of hydrogen-bond donors (Lipinski definition) is 2. The number of para-hydroxylation sites is 3. The van der Waals surface area contributed by atoms with Crippen LogP contribution in [0, 0.1) is 0 Å². The quantitative estimate of drug-likeness (QED) is 0.394. The molecule has 29 heavy (non-hydrogen) atoms. The van der Waals surface area contributed by atoms with Crippen molar-refractivity contribution in [3.63, 3.8) is 0 Å². The monoisotopic (exact) mass is 400 g/mol. The molecular formula is C24H21ClN4. The molecule has 0 fully saturated rings. The highest BCUT2D eigenvalue weighted by molar-refractivity contribution is 6.31. The van der Waals surface area contributed by atoms with E-state index in [2.05, 4.69) is 56.4 Å². The molecule has 0 unspecified atom stereocenters. The summed E-state index contributed by atoms with van der Waals surface area (Å²) in [5.74, 6) is 0.950. The molecule has 144 valence electrons. The number of rotatable bonds is 6. The minimum atomic E-state index is 0.693. The van der Waals surface area contributed by atoms with Gasteiger partial charge in [0.05, 0.1) is 17.6 Å². The van der Waals surface area contributed by atoms with Crippen LogP contribution in [0.1, 0.15) is 17.0 Å². The Bertz CT molecular complexity index is 1250. The summed E-state index contributed by atoms with van der Waals surface area (Å²) in [7, 11) is 0. The maximum absolute atomic E-state index is 6.38. The number of aromatic nitrogens is 3. The molecule has 0 aliphatic rings. The summed E-state index contributed by atoms with van der Waals surface area (Å²) < 4.78 is 2.27. The van der Waals surface area contributed by atoms with E-state index < -0.39 is 0 Å². The second-order valence-electron chi connectivity index (χ2n) is 7.19. The van der Waals surface area contributed by atoms with Crippen LogP contribution in [-0.4, -0.2) is 14.5 Å². The number of benzene rings is 3. The lowest BCUT2D eigenvalue weighted by molar-refractivity contribution is 0.670. The van der Waals surface area contributed by atoms with E-state index in [0.29, 0.717) is 6.54 Å². The van der Waals surface area contributed by atoms with Gasteiger partial charge in [-0.05, 0) is 35.4 Å². The maximum atomic E-state index is 6.38. The summed E-state index contributed by atoms with van der Waals surface area (Å²) in [5.41, 5.74) is 5.68. The largest absolute Gasteiger partial charge is 0.343 e. The Morgan fingerprint density at radius 3 is 2.55 bits per heavy atom. The van der Waals surface area contributed by atoms with Gasteiger partial charge in [0.1, 0.15) is 5.82 Å². The lowest BCUT2D eigenvalue weighted by Gasteiger charge is -2.07. The molecule has 0 bridgehead atoms. The zero-order valence-electron chi connectivity index (χ0n) is 15.9. The lowest BCUT2D eigenvalue weighted by atomic mass is 10.2. The minimum Gasteiger partial charge on any atom is -0.343 e. The van der Waals surface area contributed by atoms with Crippen molar-refractivity contribution < 1.29 is 0 Å². The van der Waals surface area contributed by atoms with Crippen LogP contribution in [0.4, 0.5) is 0 Å². The molecule has 2 aromatic heterocycles. The van der Waals surface area contributed by atoms with E-state index >= 15 is 0 Å². The molecule has 2 heterocycles. The third kappa shape index (κ3) is 3.65. The molecule has 0 amide bonds. The fraction of sp³-hybridized carbons (Fsp3) is 0.125. The van der Waals surface area contributed by atoms with Crippen molar-refractivity contribution in [1.29, 1.82) is 0 Å². The summed E-state index contributed by atoms with van der Waals surface area (Å²) in [5, 5.41) is 5.59. The van der Waals surface area contributed by atoms with Crippen LogP contribution >= 0.6 is 11.6 Å². The Kier molecular flexibility index (Phi) is 4.80. The topological polar surface area (TPSA) is 45.6 Å². The van der Waals surface area contributed by atoms with Crippen LogP contribution in [0.3, 0.4) is 0 Å². The molecule has 5 rings (SSSR count). The Balaban J connectivity index is 1.36. The second-order valence-corrected chi connectivity index (χ2v) is 7.60. The van der Waals surface area contributed by atoms with Crippen molar-refractivity contribution in [3.05, 3.63) is 101 Å². The average Bonchev–Trinajstić information content (AvgIpc) is 3.31. The Morgan fingerprint density at radius 1 is 0.862 bits per heavy atom. The zero-order chi connectivity index (χ0) is 19.6. The predicted molar refractivity (Wildman–Crippen MR) is 119 cm³/mol. The summed E-state index contributed by atoms with van der Waals surface area (Å²) >= 11 is 6.38. The number of halogens is 1. The Morgan fingerprint density at radius 2 is 1.66 bits per heavy atom. The van der Waals surface area contributed by atoms with E-state index in [4.69, 9.17) is 11.6 Å². The van der Waals surface area contributed by atoms with Crippen molar-refractivity contribution >= 4 is 33.5 Å². The molecule has 0 saturated carbocycles. The van der Waals surface area contributed by atoms with Crippen LogP contribution in [0.25, 0.3) is 21.9 Å². The maximum Gasteiger partial charge on any atom is 0.121 e. The molecule has 0 aliphatic carbocycles. The summed E-state index contributed by atoms with van der Waals surface area (Å²) in [4.78, 5) is 8.01. The Labute approximate surface area is 174 Å². The van der Waals surface area contributed by atoms with E-state index in [9.17, 15) is 0 Å². The fourth-order valence-electron chi connectivity index (χ4n) is 3.81. The van der Waals surface area contributed by atoms with Crippen LogP contribution < -0.4 is 5.32 Å². The molecule has 4 nitrogen and oxygen atoms in total. The van der Waals surface area contributed by atoms with Gasteiger partial charge in [0.25, 0.3) is 0 Å². The van der Waals surface area contributed by atoms with Crippen molar-refractivity contribution in [2.45, 2.75) is 19.6 Å². The van der Waals surface area contributed by atoms with Gasteiger partial charge in [0.2, 0.25) is 0 Å². The van der Waals surface area contributed by atoms with Crippen molar-refractivity contribution in [3.8, 4) is 0 Å². The highest BCUT2D eigenvalue weighted by Gasteiger charge is 2.10. The highest BCUT2D eigenvalue weighted by Crippen LogP contribution is 2.24. The molecule has 0 radical (unpaired) electrons. The van der Waals surface area contributed by atoms with Gasteiger partial charge < -0.3 is 14.9 Å². The summed E-state index contributed by atoms with van der Waals surface area (Å²) in [6.07, 6.45) is 2.22. The predicted octanol–water partition coefficient (Wildman–Crippen LogP) is 5.51. The van der Waals surface area contributed by atoms with Crippen LogP contribution in [0.15, 0.2) is 79.0 Å². The van der Waals surface area contributed by atoms with Crippen LogP contribution in [0.5, 0.6) is 0 Å². The van der Waals surface area contributed by atoms with Crippen LogP contribution in [0.2, 0.25) is 5.02 Å². The van der Waals surface area contributed by atoms with Gasteiger partial charge in [-0.25, -0.2) is 4.98 Å². The molecule has 5 heteroatoms. The summed E-state index contributed by atoms with van der Waals surface area (Å²) in [6, 6.07) is 24.6. The average molecular weight is 401 g/mol. The second kappa shape index (κ2) is 7.74. The van der Waals surface area contributed by atoms with E-state index in [1.807, 2.05) is 42.5 Å². The van der Waals surface area contributed by atoms with Crippen LogP contribution in [-0.2, 0) is 19.6 Å². The van der Waals surface area contributed by atoms with Gasteiger partial charge in [-0.15, -0.1) is 0 Å². The van der Waals surface area contributed by atoms with Crippen molar-refractivity contribution in [2.75, 3.05) is 0 Å². The Hall–Kier alpha value is -3.08. The smallest absolute Gasteiger partial charge is 0.121 e. The van der Waals surface area contributed by atoms with E-state index in [1.54, 1.807) is 0 Å². The number of nitrogens with one attached hydrogen (secondary N) is 2. The molecular weight excluding hydrogens is 380 g/mol. The molecule has 3 aromatic carbocycles. The fourth-order valence-corrected chi connectivity index (χ4v) is 4.01. The van der Waals surface area contributed by atoms with Crippen molar-refractivity contribution in [2.24, 2.45) is 0 Å². The normalized spacial score (nSPS) is 11.5. The van der Waals surface area contributed by atoms with E-state index in [-0.39, 0.29) is 0 Å². The first-order valence-corrected chi connectivity index (χ1v) is 10.1. The minimum absolute atomic E-state index is 0.693. The molecule has 0 atom stereocenters. The summed E-state index contributed by atoms with van der Waals surface area (Å²) in [6.45, 7) is 2.22. The third-order valence-electron chi connectivity index (χ3n) is 5.22. The zero-order valence-corrected chi connectivity index (χ0v) is 16.7.